The van der Waals surface area contributed by atoms with Crippen LogP contribution in [0.2, 0.25) is 0 Å². The second-order valence-corrected chi connectivity index (χ2v) is 3.09. The van der Waals surface area contributed by atoms with E-state index in [1.165, 1.54) is 10.6 Å². The minimum atomic E-state index is 0.0416. The van der Waals surface area contributed by atoms with E-state index in [1.54, 1.807) is 0 Å². The standard InChI is InChI=1S/C10H14N2O/c1-9(12(11)8-13)7-10-5-3-2-4-6-10/h2-6,8-9H,7,11H2,1H3. The summed E-state index contributed by atoms with van der Waals surface area (Å²) in [5.41, 5.74) is 1.19. The quantitative estimate of drug-likeness (QED) is 0.323. The summed E-state index contributed by atoms with van der Waals surface area (Å²) >= 11 is 0. The molecule has 1 atom stereocenters. The number of hydrazine groups is 1. The van der Waals surface area contributed by atoms with Gasteiger partial charge in [-0.3, -0.25) is 9.80 Å². The Kier molecular flexibility index (Phi) is 3.46. The van der Waals surface area contributed by atoms with Gasteiger partial charge in [-0.2, -0.15) is 0 Å². The van der Waals surface area contributed by atoms with E-state index < -0.39 is 0 Å². The van der Waals surface area contributed by atoms with E-state index in [0.717, 1.165) is 6.42 Å². The van der Waals surface area contributed by atoms with Crippen molar-refractivity contribution in [3.8, 4) is 0 Å². The van der Waals surface area contributed by atoms with Gasteiger partial charge in [-0.05, 0) is 18.9 Å². The maximum atomic E-state index is 10.3. The molecule has 3 heteroatoms. The number of benzene rings is 1. The average Bonchev–Trinajstić information content (AvgIpc) is 2.18. The lowest BCUT2D eigenvalue weighted by molar-refractivity contribution is -0.120. The predicted octanol–water partition coefficient (Wildman–Crippen LogP) is 0.950. The Bertz CT molecular complexity index is 261. The molecule has 0 fully saturated rings. The third kappa shape index (κ3) is 2.87. The molecule has 0 heterocycles. The third-order valence-corrected chi connectivity index (χ3v) is 2.00. The first kappa shape index (κ1) is 9.74. The van der Waals surface area contributed by atoms with Gasteiger partial charge in [0, 0.05) is 6.04 Å². The van der Waals surface area contributed by atoms with Gasteiger partial charge in [-0.1, -0.05) is 30.3 Å². The molecule has 0 aliphatic carbocycles. The van der Waals surface area contributed by atoms with Crippen molar-refractivity contribution in [1.82, 2.24) is 5.01 Å². The summed E-state index contributed by atoms with van der Waals surface area (Å²) in [5, 5.41) is 1.19. The number of carbonyl (C=O) groups excluding carboxylic acids is 1. The minimum Gasteiger partial charge on any atom is -0.280 e. The highest BCUT2D eigenvalue weighted by Gasteiger charge is 2.07. The fraction of sp³-hybridized carbons (Fsp3) is 0.300. The molecule has 1 aromatic rings. The zero-order valence-corrected chi connectivity index (χ0v) is 7.68. The first-order valence-corrected chi connectivity index (χ1v) is 4.26. The second kappa shape index (κ2) is 4.62. The van der Waals surface area contributed by atoms with E-state index in [-0.39, 0.29) is 6.04 Å². The zero-order chi connectivity index (χ0) is 9.68. The maximum Gasteiger partial charge on any atom is 0.223 e. The Hall–Kier alpha value is -1.35. The summed E-state index contributed by atoms with van der Waals surface area (Å²) in [6, 6.07) is 10.0. The fourth-order valence-electron chi connectivity index (χ4n) is 1.16. The van der Waals surface area contributed by atoms with Gasteiger partial charge < -0.3 is 0 Å². The molecule has 0 radical (unpaired) electrons. The van der Waals surface area contributed by atoms with Crippen LogP contribution in [-0.4, -0.2) is 17.5 Å². The lowest BCUT2D eigenvalue weighted by atomic mass is 10.1. The Morgan fingerprint density at radius 1 is 1.46 bits per heavy atom. The van der Waals surface area contributed by atoms with Gasteiger partial charge in [0.15, 0.2) is 0 Å². The first-order chi connectivity index (χ1) is 6.24. The van der Waals surface area contributed by atoms with Crippen LogP contribution in [0.4, 0.5) is 0 Å². The summed E-state index contributed by atoms with van der Waals surface area (Å²) in [4.78, 5) is 10.3. The normalized spacial score (nSPS) is 12.2. The van der Waals surface area contributed by atoms with E-state index in [4.69, 9.17) is 5.84 Å². The highest BCUT2D eigenvalue weighted by atomic mass is 16.1. The van der Waals surface area contributed by atoms with Crippen molar-refractivity contribution in [3.05, 3.63) is 35.9 Å². The number of rotatable bonds is 4. The molecule has 0 aliphatic rings. The zero-order valence-electron chi connectivity index (χ0n) is 7.68. The van der Waals surface area contributed by atoms with Gasteiger partial charge in [0.1, 0.15) is 0 Å². The molecule has 2 N–H and O–H groups in total. The molecule has 0 bridgehead atoms. The summed E-state index contributed by atoms with van der Waals surface area (Å²) < 4.78 is 0. The monoisotopic (exact) mass is 178 g/mol. The van der Waals surface area contributed by atoms with Gasteiger partial charge in [0.25, 0.3) is 0 Å². The van der Waals surface area contributed by atoms with Crippen LogP contribution in [0.3, 0.4) is 0 Å². The Morgan fingerprint density at radius 3 is 2.62 bits per heavy atom. The Balaban J connectivity index is 2.54. The van der Waals surface area contributed by atoms with Crippen LogP contribution in [0.15, 0.2) is 30.3 Å². The van der Waals surface area contributed by atoms with Gasteiger partial charge in [-0.15, -0.1) is 0 Å². The Morgan fingerprint density at radius 2 is 2.08 bits per heavy atom. The Labute approximate surface area is 78.1 Å². The van der Waals surface area contributed by atoms with Gasteiger partial charge in [0.05, 0.1) is 0 Å². The molecule has 1 unspecified atom stereocenters. The van der Waals surface area contributed by atoms with Gasteiger partial charge in [0.2, 0.25) is 6.41 Å². The molecule has 1 aromatic carbocycles. The van der Waals surface area contributed by atoms with Gasteiger partial charge >= 0.3 is 0 Å². The molecule has 70 valence electrons. The molecule has 13 heavy (non-hydrogen) atoms. The number of amides is 1. The van der Waals surface area contributed by atoms with Crippen molar-refractivity contribution < 1.29 is 4.79 Å². The number of hydrogen-bond donors (Lipinski definition) is 1. The second-order valence-electron chi connectivity index (χ2n) is 3.09. The third-order valence-electron chi connectivity index (χ3n) is 2.00. The minimum absolute atomic E-state index is 0.0416. The largest absolute Gasteiger partial charge is 0.280 e. The molecule has 3 nitrogen and oxygen atoms in total. The van der Waals surface area contributed by atoms with Crippen LogP contribution in [0.5, 0.6) is 0 Å². The van der Waals surface area contributed by atoms with E-state index in [0.29, 0.717) is 6.41 Å². The molecule has 0 aromatic heterocycles. The van der Waals surface area contributed by atoms with Crippen LogP contribution >= 0.6 is 0 Å². The van der Waals surface area contributed by atoms with E-state index in [1.807, 2.05) is 37.3 Å². The summed E-state index contributed by atoms with van der Waals surface area (Å²) in [5.74, 6) is 5.43. The van der Waals surface area contributed by atoms with Crippen LogP contribution in [0.25, 0.3) is 0 Å². The van der Waals surface area contributed by atoms with E-state index in [9.17, 15) is 4.79 Å². The summed E-state index contributed by atoms with van der Waals surface area (Å²) in [6.07, 6.45) is 1.43. The molecule has 1 amide bonds. The number of nitrogens with zero attached hydrogens (tertiary/aromatic N) is 1. The van der Waals surface area contributed by atoms with E-state index >= 15 is 0 Å². The van der Waals surface area contributed by atoms with Crippen molar-refractivity contribution in [2.45, 2.75) is 19.4 Å². The van der Waals surface area contributed by atoms with Crippen molar-refractivity contribution in [3.63, 3.8) is 0 Å². The van der Waals surface area contributed by atoms with Crippen molar-refractivity contribution in [2.75, 3.05) is 0 Å². The highest BCUT2D eigenvalue weighted by Crippen LogP contribution is 2.04. The van der Waals surface area contributed by atoms with Crippen molar-refractivity contribution in [1.29, 1.82) is 0 Å². The molecular weight excluding hydrogens is 164 g/mol. The summed E-state index contributed by atoms with van der Waals surface area (Å²) in [7, 11) is 0. The number of carbonyl (C=O) groups is 1. The molecule has 0 aliphatic heterocycles. The average molecular weight is 178 g/mol. The fourth-order valence-corrected chi connectivity index (χ4v) is 1.16. The van der Waals surface area contributed by atoms with Crippen LogP contribution in [0, 0.1) is 0 Å². The number of nitrogens with two attached hydrogens (primary N) is 1. The maximum absolute atomic E-state index is 10.3. The molecule has 0 saturated heterocycles. The molecule has 0 saturated carbocycles. The van der Waals surface area contributed by atoms with E-state index in [2.05, 4.69) is 0 Å². The lowest BCUT2D eigenvalue weighted by Crippen LogP contribution is -2.39. The topological polar surface area (TPSA) is 46.3 Å². The lowest BCUT2D eigenvalue weighted by Gasteiger charge is -2.19. The first-order valence-electron chi connectivity index (χ1n) is 4.26. The van der Waals surface area contributed by atoms with Crippen molar-refractivity contribution in [2.24, 2.45) is 5.84 Å². The molecular formula is C10H14N2O. The van der Waals surface area contributed by atoms with Crippen LogP contribution in [0.1, 0.15) is 12.5 Å². The molecule has 1 rings (SSSR count). The van der Waals surface area contributed by atoms with Crippen molar-refractivity contribution >= 4 is 6.41 Å². The van der Waals surface area contributed by atoms with Gasteiger partial charge in [-0.25, -0.2) is 5.84 Å². The number of hydrogen-bond acceptors (Lipinski definition) is 2. The SMILES string of the molecule is CC(Cc1ccccc1)N(N)C=O. The highest BCUT2D eigenvalue weighted by molar-refractivity contribution is 5.46. The smallest absolute Gasteiger partial charge is 0.223 e. The molecule has 0 spiro atoms. The van der Waals surface area contributed by atoms with Crippen LogP contribution < -0.4 is 5.84 Å². The predicted molar refractivity (Wildman–Crippen MR) is 51.7 cm³/mol. The summed E-state index contributed by atoms with van der Waals surface area (Å²) in [6.45, 7) is 1.92. The van der Waals surface area contributed by atoms with Crippen LogP contribution in [-0.2, 0) is 11.2 Å².